The second-order valence-corrected chi connectivity index (χ2v) is 7.04. The van der Waals surface area contributed by atoms with Crippen molar-refractivity contribution in [2.45, 2.75) is 46.2 Å². The number of nitrogens with one attached hydrogen (secondary N) is 1. The summed E-state index contributed by atoms with van der Waals surface area (Å²) < 4.78 is 7.24. The molecule has 1 fully saturated rings. The lowest BCUT2D eigenvalue weighted by molar-refractivity contribution is -0.135. The van der Waals surface area contributed by atoms with Gasteiger partial charge in [0.25, 0.3) is 0 Å². The van der Waals surface area contributed by atoms with Gasteiger partial charge in [-0.15, -0.1) is 0 Å². The standard InChI is InChI=1S/C15H27N3O2/c1-11(16-7-15(8-19)9-20-10-15)13-6-18(14(3,4)5)17-12(13)2/h6,11,16,19H,7-10H2,1-5H3. The van der Waals surface area contributed by atoms with Crippen molar-refractivity contribution >= 4 is 0 Å². The van der Waals surface area contributed by atoms with Crippen LogP contribution in [0.15, 0.2) is 6.20 Å². The summed E-state index contributed by atoms with van der Waals surface area (Å²) in [5, 5.41) is 17.6. The van der Waals surface area contributed by atoms with E-state index in [0.29, 0.717) is 13.2 Å². The van der Waals surface area contributed by atoms with Gasteiger partial charge in [0.1, 0.15) is 0 Å². The number of aliphatic hydroxyl groups is 1. The summed E-state index contributed by atoms with van der Waals surface area (Å²) in [6, 6.07) is 0.218. The molecule has 5 heteroatoms. The molecule has 1 aromatic heterocycles. The fraction of sp³-hybridized carbons (Fsp3) is 0.800. The average molecular weight is 281 g/mol. The summed E-state index contributed by atoms with van der Waals surface area (Å²) in [6.07, 6.45) is 2.12. The Morgan fingerprint density at radius 3 is 2.55 bits per heavy atom. The maximum absolute atomic E-state index is 9.45. The molecule has 114 valence electrons. The number of hydrogen-bond donors (Lipinski definition) is 2. The fourth-order valence-corrected chi connectivity index (χ4v) is 2.36. The van der Waals surface area contributed by atoms with Crippen LogP contribution in [-0.2, 0) is 10.3 Å². The molecule has 0 aliphatic carbocycles. The predicted molar refractivity (Wildman–Crippen MR) is 78.7 cm³/mol. The first-order valence-corrected chi connectivity index (χ1v) is 7.26. The summed E-state index contributed by atoms with van der Waals surface area (Å²) in [5.74, 6) is 0. The first-order valence-electron chi connectivity index (χ1n) is 7.26. The van der Waals surface area contributed by atoms with E-state index in [0.717, 1.165) is 12.2 Å². The molecule has 0 radical (unpaired) electrons. The highest BCUT2D eigenvalue weighted by Gasteiger charge is 2.38. The Morgan fingerprint density at radius 1 is 1.50 bits per heavy atom. The lowest BCUT2D eigenvalue weighted by Gasteiger charge is -2.40. The lowest BCUT2D eigenvalue weighted by atomic mass is 9.86. The first-order chi connectivity index (χ1) is 9.27. The maximum Gasteiger partial charge on any atom is 0.0641 e. The van der Waals surface area contributed by atoms with Crippen molar-refractivity contribution in [3.05, 3.63) is 17.5 Å². The minimum atomic E-state index is -0.0951. The number of ether oxygens (including phenoxy) is 1. The molecule has 1 unspecified atom stereocenters. The molecule has 2 rings (SSSR count). The van der Waals surface area contributed by atoms with Gasteiger partial charge in [0.05, 0.1) is 36.5 Å². The summed E-state index contributed by atoms with van der Waals surface area (Å²) in [7, 11) is 0. The molecule has 1 atom stereocenters. The third-order valence-corrected chi connectivity index (χ3v) is 4.03. The summed E-state index contributed by atoms with van der Waals surface area (Å²) >= 11 is 0. The average Bonchev–Trinajstić information content (AvgIpc) is 2.70. The second kappa shape index (κ2) is 5.47. The monoisotopic (exact) mass is 281 g/mol. The van der Waals surface area contributed by atoms with Crippen LogP contribution >= 0.6 is 0 Å². The number of rotatable bonds is 5. The van der Waals surface area contributed by atoms with Crippen molar-refractivity contribution in [1.82, 2.24) is 15.1 Å². The van der Waals surface area contributed by atoms with Gasteiger partial charge in [-0.25, -0.2) is 0 Å². The normalized spacial score (nSPS) is 19.7. The number of hydrogen-bond acceptors (Lipinski definition) is 4. The van der Waals surface area contributed by atoms with Gasteiger partial charge in [-0.1, -0.05) is 0 Å². The van der Waals surface area contributed by atoms with Crippen LogP contribution in [0.25, 0.3) is 0 Å². The van der Waals surface area contributed by atoms with Crippen LogP contribution in [0.1, 0.15) is 45.0 Å². The highest BCUT2D eigenvalue weighted by atomic mass is 16.5. The number of nitrogens with zero attached hydrogens (tertiary/aromatic N) is 2. The van der Waals surface area contributed by atoms with E-state index in [4.69, 9.17) is 4.74 Å². The largest absolute Gasteiger partial charge is 0.396 e. The quantitative estimate of drug-likeness (QED) is 0.861. The fourth-order valence-electron chi connectivity index (χ4n) is 2.36. The van der Waals surface area contributed by atoms with Crippen LogP contribution in [0.3, 0.4) is 0 Å². The van der Waals surface area contributed by atoms with Crippen LogP contribution < -0.4 is 5.32 Å². The number of aromatic nitrogens is 2. The van der Waals surface area contributed by atoms with Crippen LogP contribution in [0.4, 0.5) is 0 Å². The number of aliphatic hydroxyl groups excluding tert-OH is 1. The summed E-state index contributed by atoms with van der Waals surface area (Å²) in [6.45, 7) is 12.9. The molecule has 1 aromatic rings. The Morgan fingerprint density at radius 2 is 2.15 bits per heavy atom. The summed E-state index contributed by atoms with van der Waals surface area (Å²) in [5.41, 5.74) is 2.18. The van der Waals surface area contributed by atoms with E-state index in [1.165, 1.54) is 5.56 Å². The Hall–Kier alpha value is -0.910. The van der Waals surface area contributed by atoms with Crippen molar-refractivity contribution in [2.24, 2.45) is 5.41 Å². The molecule has 2 heterocycles. The van der Waals surface area contributed by atoms with Gasteiger partial charge in [-0.2, -0.15) is 5.10 Å². The van der Waals surface area contributed by atoms with E-state index in [2.05, 4.69) is 44.3 Å². The third kappa shape index (κ3) is 3.05. The molecule has 0 bridgehead atoms. The second-order valence-electron chi connectivity index (χ2n) is 7.04. The molecule has 20 heavy (non-hydrogen) atoms. The minimum Gasteiger partial charge on any atom is -0.396 e. The summed E-state index contributed by atoms with van der Waals surface area (Å²) in [4.78, 5) is 0. The Kier molecular flexibility index (Phi) is 4.23. The van der Waals surface area contributed by atoms with Crippen molar-refractivity contribution < 1.29 is 9.84 Å². The predicted octanol–water partition coefficient (Wildman–Crippen LogP) is 1.61. The van der Waals surface area contributed by atoms with E-state index >= 15 is 0 Å². The van der Waals surface area contributed by atoms with Crippen molar-refractivity contribution in [1.29, 1.82) is 0 Å². The Balaban J connectivity index is 2.02. The molecule has 0 spiro atoms. The molecule has 0 amide bonds. The van der Waals surface area contributed by atoms with Gasteiger partial charge in [0, 0.05) is 24.3 Å². The molecule has 5 nitrogen and oxygen atoms in total. The topological polar surface area (TPSA) is 59.3 Å². The molecular formula is C15H27N3O2. The lowest BCUT2D eigenvalue weighted by Crippen LogP contribution is -2.52. The molecule has 1 aliphatic rings. The first kappa shape index (κ1) is 15.5. The number of aryl methyl sites for hydroxylation is 1. The molecule has 1 saturated heterocycles. The van der Waals surface area contributed by atoms with Crippen molar-refractivity contribution in [2.75, 3.05) is 26.4 Å². The molecule has 0 saturated carbocycles. The van der Waals surface area contributed by atoms with Crippen molar-refractivity contribution in [3.8, 4) is 0 Å². The maximum atomic E-state index is 9.45. The van der Waals surface area contributed by atoms with E-state index in [9.17, 15) is 5.11 Å². The zero-order valence-corrected chi connectivity index (χ0v) is 13.2. The highest BCUT2D eigenvalue weighted by Crippen LogP contribution is 2.27. The van der Waals surface area contributed by atoms with Gasteiger partial charge in [0.2, 0.25) is 0 Å². The molecule has 1 aliphatic heterocycles. The van der Waals surface area contributed by atoms with Crippen LogP contribution in [0, 0.1) is 12.3 Å². The third-order valence-electron chi connectivity index (χ3n) is 4.03. The van der Waals surface area contributed by atoms with E-state index in [1.807, 2.05) is 11.6 Å². The van der Waals surface area contributed by atoms with Gasteiger partial charge in [0.15, 0.2) is 0 Å². The highest BCUT2D eigenvalue weighted by molar-refractivity contribution is 5.20. The zero-order valence-electron chi connectivity index (χ0n) is 13.2. The Labute approximate surface area is 121 Å². The van der Waals surface area contributed by atoms with Crippen LogP contribution in [-0.4, -0.2) is 41.3 Å². The Bertz CT molecular complexity index is 453. The van der Waals surface area contributed by atoms with Gasteiger partial charge >= 0.3 is 0 Å². The van der Waals surface area contributed by atoms with Crippen molar-refractivity contribution in [3.63, 3.8) is 0 Å². The smallest absolute Gasteiger partial charge is 0.0641 e. The van der Waals surface area contributed by atoms with Gasteiger partial charge in [-0.05, 0) is 34.6 Å². The van der Waals surface area contributed by atoms with Crippen LogP contribution in [0.2, 0.25) is 0 Å². The van der Waals surface area contributed by atoms with Gasteiger partial charge < -0.3 is 15.2 Å². The molecular weight excluding hydrogens is 254 g/mol. The SMILES string of the molecule is Cc1nn(C(C)(C)C)cc1C(C)NCC1(CO)COC1. The van der Waals surface area contributed by atoms with E-state index in [1.54, 1.807) is 0 Å². The van der Waals surface area contributed by atoms with E-state index in [-0.39, 0.29) is 23.6 Å². The molecule has 0 aromatic carbocycles. The van der Waals surface area contributed by atoms with Crippen LogP contribution in [0.5, 0.6) is 0 Å². The molecule has 2 N–H and O–H groups in total. The van der Waals surface area contributed by atoms with E-state index < -0.39 is 0 Å². The zero-order chi connectivity index (χ0) is 15.0. The van der Waals surface area contributed by atoms with Gasteiger partial charge in [-0.3, -0.25) is 4.68 Å². The minimum absolute atomic E-state index is 0.00311.